The first-order chi connectivity index (χ1) is 11.2. The lowest BCUT2D eigenvalue weighted by atomic mass is 10.1. The SMILES string of the molecule is CCCCCCCCCCCC(C)=O.CCCN1CCOCC1. The van der Waals surface area contributed by atoms with Crippen LogP contribution < -0.4 is 0 Å². The smallest absolute Gasteiger partial charge is 0.129 e. The highest BCUT2D eigenvalue weighted by molar-refractivity contribution is 5.75. The van der Waals surface area contributed by atoms with Crippen molar-refractivity contribution >= 4 is 5.78 Å². The molecule has 0 unspecified atom stereocenters. The molecule has 1 rings (SSSR count). The van der Waals surface area contributed by atoms with E-state index in [2.05, 4.69) is 18.7 Å². The minimum Gasteiger partial charge on any atom is -0.379 e. The van der Waals surface area contributed by atoms with Crippen molar-refractivity contribution in [2.24, 2.45) is 0 Å². The predicted molar refractivity (Wildman–Crippen MR) is 100 cm³/mol. The fraction of sp³-hybridized carbons (Fsp3) is 0.950. The van der Waals surface area contributed by atoms with Gasteiger partial charge in [-0.2, -0.15) is 0 Å². The Morgan fingerprint density at radius 3 is 1.83 bits per heavy atom. The lowest BCUT2D eigenvalue weighted by Crippen LogP contribution is -2.36. The fourth-order valence-corrected chi connectivity index (χ4v) is 2.83. The summed E-state index contributed by atoms with van der Waals surface area (Å²) in [6.45, 7) is 11.5. The second-order valence-electron chi connectivity index (χ2n) is 6.73. The zero-order chi connectivity index (χ0) is 17.2. The van der Waals surface area contributed by atoms with Crippen LogP contribution in [0.1, 0.15) is 91.4 Å². The van der Waals surface area contributed by atoms with E-state index >= 15 is 0 Å². The van der Waals surface area contributed by atoms with Crippen LogP contribution in [0.25, 0.3) is 0 Å². The van der Waals surface area contributed by atoms with Gasteiger partial charge in [0.25, 0.3) is 0 Å². The van der Waals surface area contributed by atoms with Crippen LogP contribution in [0.2, 0.25) is 0 Å². The van der Waals surface area contributed by atoms with Gasteiger partial charge in [0.1, 0.15) is 5.78 Å². The Kier molecular flexibility index (Phi) is 17.6. The van der Waals surface area contributed by atoms with E-state index in [0.717, 1.165) is 39.1 Å². The number of rotatable bonds is 12. The van der Waals surface area contributed by atoms with Gasteiger partial charge in [0.05, 0.1) is 13.2 Å². The zero-order valence-corrected chi connectivity index (χ0v) is 16.1. The molecule has 138 valence electrons. The van der Waals surface area contributed by atoms with Gasteiger partial charge < -0.3 is 9.53 Å². The number of ketones is 1. The van der Waals surface area contributed by atoms with Gasteiger partial charge in [-0.05, 0) is 26.3 Å². The summed E-state index contributed by atoms with van der Waals surface area (Å²) in [7, 11) is 0. The number of unbranched alkanes of at least 4 members (excludes halogenated alkanes) is 8. The number of Topliss-reactive ketones (excluding diaryl/α,β-unsaturated/α-hetero) is 1. The normalized spacial score (nSPS) is 15.1. The molecule has 0 aliphatic carbocycles. The number of hydrogen-bond acceptors (Lipinski definition) is 3. The van der Waals surface area contributed by atoms with E-state index in [0.29, 0.717) is 5.78 Å². The summed E-state index contributed by atoms with van der Waals surface area (Å²) in [5, 5.41) is 0. The van der Waals surface area contributed by atoms with E-state index in [4.69, 9.17) is 4.74 Å². The fourth-order valence-electron chi connectivity index (χ4n) is 2.83. The molecule has 23 heavy (non-hydrogen) atoms. The van der Waals surface area contributed by atoms with Crippen molar-refractivity contribution in [2.45, 2.75) is 91.4 Å². The van der Waals surface area contributed by atoms with Gasteiger partial charge in [-0.15, -0.1) is 0 Å². The van der Waals surface area contributed by atoms with E-state index in [-0.39, 0.29) is 0 Å². The van der Waals surface area contributed by atoms with Gasteiger partial charge in [-0.25, -0.2) is 0 Å². The van der Waals surface area contributed by atoms with Crippen molar-refractivity contribution < 1.29 is 9.53 Å². The molecule has 3 nitrogen and oxygen atoms in total. The molecule has 0 aromatic heterocycles. The summed E-state index contributed by atoms with van der Waals surface area (Å²) in [4.78, 5) is 13.1. The Labute approximate surface area is 145 Å². The van der Waals surface area contributed by atoms with Crippen LogP contribution in [-0.2, 0) is 9.53 Å². The van der Waals surface area contributed by atoms with E-state index in [1.54, 1.807) is 6.92 Å². The van der Waals surface area contributed by atoms with E-state index in [1.165, 1.54) is 64.3 Å². The molecule has 1 aliphatic rings. The molecule has 0 bridgehead atoms. The van der Waals surface area contributed by atoms with Crippen molar-refractivity contribution in [1.82, 2.24) is 4.90 Å². The minimum absolute atomic E-state index is 0.341. The summed E-state index contributed by atoms with van der Waals surface area (Å²) in [5.74, 6) is 0.341. The van der Waals surface area contributed by atoms with Crippen LogP contribution in [0.4, 0.5) is 0 Å². The third-order valence-corrected chi connectivity index (χ3v) is 4.28. The topological polar surface area (TPSA) is 29.5 Å². The van der Waals surface area contributed by atoms with E-state index in [1.807, 2.05) is 0 Å². The number of morpholine rings is 1. The van der Waals surface area contributed by atoms with Crippen LogP contribution in [-0.4, -0.2) is 43.5 Å². The molecule has 0 spiro atoms. The highest BCUT2D eigenvalue weighted by Crippen LogP contribution is 2.10. The first-order valence-electron chi connectivity index (χ1n) is 10.00. The van der Waals surface area contributed by atoms with Gasteiger partial charge >= 0.3 is 0 Å². The summed E-state index contributed by atoms with van der Waals surface area (Å²) in [6.07, 6.45) is 14.0. The lowest BCUT2D eigenvalue weighted by molar-refractivity contribution is -0.117. The summed E-state index contributed by atoms with van der Waals surface area (Å²) in [5.41, 5.74) is 0. The maximum atomic E-state index is 10.7. The van der Waals surface area contributed by atoms with Gasteiger partial charge in [-0.3, -0.25) is 4.90 Å². The molecule has 0 amide bonds. The first-order valence-corrected chi connectivity index (χ1v) is 10.00. The van der Waals surface area contributed by atoms with Crippen LogP contribution in [0.5, 0.6) is 0 Å². The highest BCUT2D eigenvalue weighted by Gasteiger charge is 2.07. The number of carbonyl (C=O) groups excluding carboxylic acids is 1. The van der Waals surface area contributed by atoms with Crippen molar-refractivity contribution in [2.75, 3.05) is 32.8 Å². The lowest BCUT2D eigenvalue weighted by Gasteiger charge is -2.25. The molecule has 0 aromatic carbocycles. The second kappa shape index (κ2) is 17.9. The van der Waals surface area contributed by atoms with E-state index in [9.17, 15) is 4.79 Å². The Hall–Kier alpha value is -0.410. The molecular formula is C20H41NO2. The molecule has 0 atom stereocenters. The van der Waals surface area contributed by atoms with Crippen LogP contribution in [0, 0.1) is 0 Å². The average Bonchev–Trinajstić information content (AvgIpc) is 2.55. The van der Waals surface area contributed by atoms with Crippen molar-refractivity contribution in [3.63, 3.8) is 0 Å². The maximum absolute atomic E-state index is 10.7. The maximum Gasteiger partial charge on any atom is 0.129 e. The Balaban J connectivity index is 0.000000459. The Morgan fingerprint density at radius 2 is 1.35 bits per heavy atom. The molecule has 3 heteroatoms. The molecule has 1 fully saturated rings. The molecule has 1 aliphatic heterocycles. The van der Waals surface area contributed by atoms with Gasteiger partial charge in [0, 0.05) is 19.5 Å². The molecule has 0 N–H and O–H groups in total. The second-order valence-corrected chi connectivity index (χ2v) is 6.73. The van der Waals surface area contributed by atoms with Crippen molar-refractivity contribution in [3.8, 4) is 0 Å². The average molecular weight is 328 g/mol. The first kappa shape index (κ1) is 22.6. The minimum atomic E-state index is 0.341. The summed E-state index contributed by atoms with van der Waals surface area (Å²) < 4.78 is 5.20. The van der Waals surface area contributed by atoms with Crippen LogP contribution in [0.15, 0.2) is 0 Å². The largest absolute Gasteiger partial charge is 0.379 e. The number of carbonyl (C=O) groups is 1. The third-order valence-electron chi connectivity index (χ3n) is 4.28. The van der Waals surface area contributed by atoms with Crippen LogP contribution >= 0.6 is 0 Å². The van der Waals surface area contributed by atoms with Crippen molar-refractivity contribution in [1.29, 1.82) is 0 Å². The molecular weight excluding hydrogens is 286 g/mol. The van der Waals surface area contributed by atoms with Crippen molar-refractivity contribution in [3.05, 3.63) is 0 Å². The highest BCUT2D eigenvalue weighted by atomic mass is 16.5. The van der Waals surface area contributed by atoms with Gasteiger partial charge in [-0.1, -0.05) is 65.2 Å². The summed E-state index contributed by atoms with van der Waals surface area (Å²) in [6, 6.07) is 0. The Bertz CT molecular complexity index is 247. The predicted octanol–water partition coefficient (Wildman–Crippen LogP) is 5.22. The number of nitrogens with zero attached hydrogens (tertiary/aromatic N) is 1. The van der Waals surface area contributed by atoms with Crippen LogP contribution in [0.3, 0.4) is 0 Å². The van der Waals surface area contributed by atoms with E-state index < -0.39 is 0 Å². The quantitative estimate of drug-likeness (QED) is 0.460. The Morgan fingerprint density at radius 1 is 0.826 bits per heavy atom. The number of hydrogen-bond donors (Lipinski definition) is 0. The summed E-state index contributed by atoms with van der Waals surface area (Å²) >= 11 is 0. The van der Waals surface area contributed by atoms with Gasteiger partial charge in [0.15, 0.2) is 0 Å². The number of ether oxygens (including phenoxy) is 1. The monoisotopic (exact) mass is 327 g/mol. The molecule has 1 saturated heterocycles. The zero-order valence-electron chi connectivity index (χ0n) is 16.1. The van der Waals surface area contributed by atoms with Gasteiger partial charge in [0.2, 0.25) is 0 Å². The molecule has 0 aromatic rings. The standard InChI is InChI=1S/C13H26O.C7H15NO/c1-3-4-5-6-7-8-9-10-11-12-13(2)14;1-2-3-8-4-6-9-7-5-8/h3-12H2,1-2H3;2-7H2,1H3. The molecule has 0 saturated carbocycles. The molecule has 1 heterocycles. The third kappa shape index (κ3) is 17.8. The molecule has 0 radical (unpaired) electrons.